The molecule has 6 nitrogen and oxygen atoms in total. The van der Waals surface area contributed by atoms with Crippen molar-refractivity contribution in [2.45, 2.75) is 19.8 Å². The van der Waals surface area contributed by atoms with Gasteiger partial charge in [-0.2, -0.15) is 13.9 Å². The van der Waals surface area contributed by atoms with Crippen LogP contribution in [0.4, 0.5) is 8.78 Å². The van der Waals surface area contributed by atoms with Crippen LogP contribution in [0.3, 0.4) is 0 Å². The Bertz CT molecular complexity index is 991. The summed E-state index contributed by atoms with van der Waals surface area (Å²) in [6, 6.07) is 12.0. The third-order valence-electron chi connectivity index (χ3n) is 4.03. The fourth-order valence-corrected chi connectivity index (χ4v) is 2.82. The molecule has 3 aromatic rings. The van der Waals surface area contributed by atoms with Gasteiger partial charge in [-0.25, -0.2) is 4.68 Å². The molecule has 0 aliphatic carbocycles. The molecule has 0 saturated heterocycles. The number of alkyl halides is 2. The van der Waals surface area contributed by atoms with Gasteiger partial charge in [0.2, 0.25) is 0 Å². The molecular formula is C19H19F2N3O3. The first-order valence-electron chi connectivity index (χ1n) is 8.23. The topological polar surface area (TPSA) is 56.6 Å². The summed E-state index contributed by atoms with van der Waals surface area (Å²) >= 11 is 0. The van der Waals surface area contributed by atoms with Gasteiger partial charge in [-0.05, 0) is 30.8 Å². The van der Waals surface area contributed by atoms with E-state index in [-0.39, 0.29) is 23.7 Å². The lowest BCUT2D eigenvalue weighted by Crippen LogP contribution is -2.31. The van der Waals surface area contributed by atoms with Gasteiger partial charge in [0.25, 0.3) is 5.56 Å². The average Bonchev–Trinajstić information content (AvgIpc) is 2.65. The van der Waals surface area contributed by atoms with Crippen LogP contribution in [-0.4, -0.2) is 35.4 Å². The van der Waals surface area contributed by atoms with Crippen molar-refractivity contribution in [2.24, 2.45) is 0 Å². The first-order chi connectivity index (χ1) is 13.0. The molecule has 0 atom stereocenters. The second-order valence-corrected chi connectivity index (χ2v) is 6.06. The number of fused-ring (bicyclic) bond motifs is 1. The zero-order valence-corrected chi connectivity index (χ0v) is 14.9. The van der Waals surface area contributed by atoms with E-state index in [0.29, 0.717) is 11.9 Å². The molecule has 1 aromatic heterocycles. The average molecular weight is 375 g/mol. The quantitative estimate of drug-likeness (QED) is 0.635. The summed E-state index contributed by atoms with van der Waals surface area (Å²) in [5, 5.41) is 5.60. The van der Waals surface area contributed by atoms with E-state index < -0.39 is 6.61 Å². The number of aromatic nitrogens is 2. The van der Waals surface area contributed by atoms with E-state index in [1.165, 1.54) is 17.9 Å². The summed E-state index contributed by atoms with van der Waals surface area (Å²) in [5.74, 6) is 0.202. The second kappa shape index (κ2) is 8.13. The molecule has 27 heavy (non-hydrogen) atoms. The summed E-state index contributed by atoms with van der Waals surface area (Å²) in [6.45, 7) is -2.17. The third kappa shape index (κ3) is 4.40. The molecule has 0 spiro atoms. The molecule has 3 rings (SSSR count). The minimum atomic E-state index is -2.92. The highest BCUT2D eigenvalue weighted by Gasteiger charge is 2.12. The monoisotopic (exact) mass is 375 g/mol. The van der Waals surface area contributed by atoms with E-state index in [1.807, 2.05) is 30.1 Å². The third-order valence-corrected chi connectivity index (χ3v) is 4.03. The number of benzene rings is 2. The molecule has 0 fully saturated rings. The van der Waals surface area contributed by atoms with Crippen LogP contribution in [0, 0.1) is 0 Å². The molecule has 0 bridgehead atoms. The molecule has 0 amide bonds. The molecule has 1 heterocycles. The van der Waals surface area contributed by atoms with Gasteiger partial charge in [-0.1, -0.05) is 24.3 Å². The molecule has 8 heteroatoms. The fourth-order valence-electron chi connectivity index (χ4n) is 2.82. The van der Waals surface area contributed by atoms with Gasteiger partial charge in [0.1, 0.15) is 0 Å². The van der Waals surface area contributed by atoms with Gasteiger partial charge in [0.05, 0.1) is 25.4 Å². The Hall–Kier alpha value is -3.00. The van der Waals surface area contributed by atoms with Crippen molar-refractivity contribution in [1.29, 1.82) is 0 Å². The zero-order chi connectivity index (χ0) is 19.4. The Balaban J connectivity index is 1.75. The minimum absolute atomic E-state index is 0.0219. The Morgan fingerprint density at radius 1 is 1.19 bits per heavy atom. The SMILES string of the molecule is COc1cc(CN(C)Cn2ncc3ccccc3c2=O)ccc1OC(F)F. The lowest BCUT2D eigenvalue weighted by Gasteiger charge is -2.18. The second-order valence-electron chi connectivity index (χ2n) is 6.06. The smallest absolute Gasteiger partial charge is 0.387 e. The number of rotatable bonds is 7. The predicted molar refractivity (Wildman–Crippen MR) is 97.1 cm³/mol. The van der Waals surface area contributed by atoms with E-state index in [0.717, 1.165) is 10.9 Å². The van der Waals surface area contributed by atoms with Crippen LogP contribution in [0.15, 0.2) is 53.5 Å². The molecule has 0 aliphatic rings. The Morgan fingerprint density at radius 2 is 1.96 bits per heavy atom. The molecular weight excluding hydrogens is 356 g/mol. The van der Waals surface area contributed by atoms with Crippen molar-refractivity contribution in [3.63, 3.8) is 0 Å². The number of halogens is 2. The number of nitrogens with zero attached hydrogens (tertiary/aromatic N) is 3. The molecule has 0 aliphatic heterocycles. The largest absolute Gasteiger partial charge is 0.493 e. The normalized spacial score (nSPS) is 11.3. The maximum atomic E-state index is 12.5. The van der Waals surface area contributed by atoms with Crippen molar-refractivity contribution in [3.8, 4) is 11.5 Å². The number of hydrogen-bond acceptors (Lipinski definition) is 5. The summed E-state index contributed by atoms with van der Waals surface area (Å²) in [4.78, 5) is 14.4. The van der Waals surface area contributed by atoms with Gasteiger partial charge in [-0.3, -0.25) is 9.69 Å². The molecule has 0 saturated carbocycles. The van der Waals surface area contributed by atoms with E-state index in [4.69, 9.17) is 4.74 Å². The summed E-state index contributed by atoms with van der Waals surface area (Å²) in [7, 11) is 3.22. The van der Waals surface area contributed by atoms with E-state index in [2.05, 4.69) is 9.84 Å². The standard InChI is InChI=1S/C19H19F2N3O3/c1-23(11-13-7-8-16(27-19(20)21)17(9-13)26-2)12-24-18(25)15-6-4-3-5-14(15)10-22-24/h3-10,19H,11-12H2,1-2H3. The van der Waals surface area contributed by atoms with Crippen LogP contribution in [0.1, 0.15) is 5.56 Å². The Kier molecular flexibility index (Phi) is 5.66. The molecule has 0 radical (unpaired) electrons. The Labute approximate surface area is 154 Å². The van der Waals surface area contributed by atoms with Crippen LogP contribution < -0.4 is 15.0 Å². The highest BCUT2D eigenvalue weighted by Crippen LogP contribution is 2.29. The van der Waals surface area contributed by atoms with Gasteiger partial charge in [0, 0.05) is 11.9 Å². The predicted octanol–water partition coefficient (Wildman–Crippen LogP) is 3.10. The van der Waals surface area contributed by atoms with Crippen molar-refractivity contribution in [3.05, 3.63) is 64.6 Å². The first-order valence-corrected chi connectivity index (χ1v) is 8.23. The highest BCUT2D eigenvalue weighted by molar-refractivity contribution is 5.80. The van der Waals surface area contributed by atoms with Crippen molar-refractivity contribution in [1.82, 2.24) is 14.7 Å². The van der Waals surface area contributed by atoms with Crippen molar-refractivity contribution >= 4 is 10.8 Å². The summed E-state index contributed by atoms with van der Waals surface area (Å²) in [6.07, 6.45) is 1.66. The van der Waals surface area contributed by atoms with Gasteiger partial charge in [0.15, 0.2) is 11.5 Å². The summed E-state index contributed by atoms with van der Waals surface area (Å²) < 4.78 is 35.7. The lowest BCUT2D eigenvalue weighted by atomic mass is 10.2. The maximum Gasteiger partial charge on any atom is 0.387 e. The van der Waals surface area contributed by atoms with Crippen molar-refractivity contribution < 1.29 is 18.3 Å². The minimum Gasteiger partial charge on any atom is -0.493 e. The first kappa shape index (κ1) is 18.8. The van der Waals surface area contributed by atoms with Crippen LogP contribution in [-0.2, 0) is 13.2 Å². The number of hydrogen-bond donors (Lipinski definition) is 0. The molecule has 2 aromatic carbocycles. The highest BCUT2D eigenvalue weighted by atomic mass is 19.3. The fraction of sp³-hybridized carbons (Fsp3) is 0.263. The summed E-state index contributed by atoms with van der Waals surface area (Å²) in [5.41, 5.74) is 0.656. The van der Waals surface area contributed by atoms with Gasteiger partial charge in [-0.15, -0.1) is 0 Å². The molecule has 0 N–H and O–H groups in total. The lowest BCUT2D eigenvalue weighted by molar-refractivity contribution is -0.0512. The number of ether oxygens (including phenoxy) is 2. The van der Waals surface area contributed by atoms with E-state index in [1.54, 1.807) is 24.4 Å². The van der Waals surface area contributed by atoms with Gasteiger partial charge >= 0.3 is 6.61 Å². The van der Waals surface area contributed by atoms with E-state index >= 15 is 0 Å². The Morgan fingerprint density at radius 3 is 2.70 bits per heavy atom. The zero-order valence-electron chi connectivity index (χ0n) is 14.9. The van der Waals surface area contributed by atoms with E-state index in [9.17, 15) is 13.6 Å². The molecule has 0 unspecified atom stereocenters. The van der Waals surface area contributed by atoms with Crippen LogP contribution in [0.5, 0.6) is 11.5 Å². The number of methoxy groups -OCH3 is 1. The van der Waals surface area contributed by atoms with Crippen LogP contribution >= 0.6 is 0 Å². The van der Waals surface area contributed by atoms with Crippen molar-refractivity contribution in [2.75, 3.05) is 14.2 Å². The van der Waals surface area contributed by atoms with Crippen LogP contribution in [0.2, 0.25) is 0 Å². The molecule has 142 valence electrons. The van der Waals surface area contributed by atoms with Gasteiger partial charge < -0.3 is 9.47 Å². The van der Waals surface area contributed by atoms with Crippen LogP contribution in [0.25, 0.3) is 10.8 Å². The maximum absolute atomic E-state index is 12.5.